The Labute approximate surface area is 229 Å². The summed E-state index contributed by atoms with van der Waals surface area (Å²) >= 11 is 0. The number of nitrogens with zero attached hydrogens (tertiary/aromatic N) is 2. The van der Waals surface area contributed by atoms with Crippen molar-refractivity contribution < 1.29 is 9.16 Å². The predicted octanol–water partition coefficient (Wildman–Crippen LogP) is 5.82. The van der Waals surface area contributed by atoms with E-state index < -0.39 is 8.32 Å². The van der Waals surface area contributed by atoms with Crippen molar-refractivity contribution in [3.8, 4) is 5.75 Å². The molecule has 0 radical (unpaired) electrons. The molecule has 2 heterocycles. The zero-order valence-corrected chi connectivity index (χ0v) is 25.0. The molecule has 202 valence electrons. The van der Waals surface area contributed by atoms with Crippen molar-refractivity contribution in [2.24, 2.45) is 10.8 Å². The van der Waals surface area contributed by atoms with E-state index >= 15 is 0 Å². The van der Waals surface area contributed by atoms with E-state index in [1.807, 2.05) is 13.8 Å². The second kappa shape index (κ2) is 11.4. The number of nitrogens with one attached hydrogen (secondary N) is 1. The molecule has 0 saturated heterocycles. The van der Waals surface area contributed by atoms with Gasteiger partial charge in [-0.2, -0.15) is 0 Å². The maximum atomic E-state index is 7.29. The van der Waals surface area contributed by atoms with Gasteiger partial charge >= 0.3 is 0 Å². The second-order valence-electron chi connectivity index (χ2n) is 12.5. The molecule has 0 saturated carbocycles. The number of benzene rings is 2. The zero-order valence-electron chi connectivity index (χ0n) is 24.0. The first-order valence-corrected chi connectivity index (χ1v) is 15.8. The number of hydrogen-bond acceptors (Lipinski definition) is 5. The molecule has 0 fully saturated rings. The van der Waals surface area contributed by atoms with Gasteiger partial charge in [-0.3, -0.25) is 0 Å². The van der Waals surface area contributed by atoms with Gasteiger partial charge in [0.15, 0.2) is 11.6 Å². The number of aromatic nitrogens is 2. The van der Waals surface area contributed by atoms with Crippen LogP contribution in [-0.2, 0) is 4.43 Å². The van der Waals surface area contributed by atoms with Crippen LogP contribution in [0.15, 0.2) is 79.1 Å². The molecule has 6 heteroatoms. The zero-order chi connectivity index (χ0) is 27.4. The summed E-state index contributed by atoms with van der Waals surface area (Å²) in [5.74, 6) is 1.37. The van der Waals surface area contributed by atoms with Gasteiger partial charge in [-0.25, -0.2) is 9.97 Å². The fourth-order valence-electron chi connectivity index (χ4n) is 5.14. The van der Waals surface area contributed by atoms with Crippen molar-refractivity contribution in [3.63, 3.8) is 0 Å². The Balaban J connectivity index is 1.64. The third-order valence-corrected chi connectivity index (χ3v) is 11.9. The van der Waals surface area contributed by atoms with E-state index in [2.05, 4.69) is 117 Å². The fraction of sp³-hybridized carbons (Fsp3) is 0.438. The van der Waals surface area contributed by atoms with Gasteiger partial charge in [0.2, 0.25) is 0 Å². The summed E-state index contributed by atoms with van der Waals surface area (Å²) in [6.45, 7) is 16.2. The number of rotatable bonds is 9. The molecular formula is C32H43N3O2Si. The van der Waals surface area contributed by atoms with Crippen LogP contribution in [0.5, 0.6) is 5.75 Å². The van der Waals surface area contributed by atoms with Crippen LogP contribution in [0, 0.1) is 10.8 Å². The van der Waals surface area contributed by atoms with E-state index in [1.54, 1.807) is 12.4 Å². The molecule has 1 aromatic heterocycles. The summed E-state index contributed by atoms with van der Waals surface area (Å²) in [6, 6.07) is 22.8. The Bertz CT molecular complexity index is 1160. The number of hydrogen-bond donors (Lipinski definition) is 1. The average Bonchev–Trinajstić information content (AvgIpc) is 2.88. The summed E-state index contributed by atoms with van der Waals surface area (Å²) < 4.78 is 13.0. The van der Waals surface area contributed by atoms with Crippen LogP contribution in [-0.4, -0.2) is 37.0 Å². The summed E-state index contributed by atoms with van der Waals surface area (Å²) in [5, 5.41) is 6.38. The highest BCUT2D eigenvalue weighted by Crippen LogP contribution is 2.35. The number of allylic oxidation sites excluding steroid dienone is 1. The molecule has 1 atom stereocenters. The summed E-state index contributed by atoms with van der Waals surface area (Å²) in [7, 11) is -2.56. The SMILES string of the molecule is CC(C)Oc1cnc(C2=CCC(C)(C)C(CO[Si](CC(C)(C)C)(c3ccccc3)c3ccccc3)N2)nc1. The number of ether oxygens (including phenoxy) is 1. The van der Waals surface area contributed by atoms with Crippen LogP contribution in [0.1, 0.15) is 60.7 Å². The van der Waals surface area contributed by atoms with Gasteiger partial charge < -0.3 is 14.5 Å². The van der Waals surface area contributed by atoms with Crippen LogP contribution < -0.4 is 20.4 Å². The first kappa shape index (κ1) is 28.1. The minimum Gasteiger partial charge on any atom is -0.488 e. The molecule has 4 rings (SSSR count). The largest absolute Gasteiger partial charge is 0.488 e. The van der Waals surface area contributed by atoms with E-state index in [0.717, 1.165) is 18.2 Å². The third kappa shape index (κ3) is 6.72. The summed E-state index contributed by atoms with van der Waals surface area (Å²) in [6.07, 6.45) is 6.72. The molecule has 1 aliphatic rings. The van der Waals surface area contributed by atoms with E-state index in [-0.39, 0.29) is 23.0 Å². The highest BCUT2D eigenvalue weighted by molar-refractivity contribution is 6.97. The first-order chi connectivity index (χ1) is 18.0. The topological polar surface area (TPSA) is 56.3 Å². The molecule has 1 unspecified atom stereocenters. The van der Waals surface area contributed by atoms with Crippen molar-refractivity contribution >= 4 is 24.4 Å². The molecule has 0 bridgehead atoms. The molecule has 2 aromatic carbocycles. The van der Waals surface area contributed by atoms with Crippen molar-refractivity contribution in [3.05, 3.63) is 85.0 Å². The maximum absolute atomic E-state index is 7.29. The van der Waals surface area contributed by atoms with Gasteiger partial charge in [-0.15, -0.1) is 0 Å². The lowest BCUT2D eigenvalue weighted by Gasteiger charge is -2.43. The van der Waals surface area contributed by atoms with Gasteiger partial charge in [-0.1, -0.05) is 101 Å². The average molecular weight is 530 g/mol. The first-order valence-electron chi connectivity index (χ1n) is 13.7. The molecule has 0 aliphatic carbocycles. The van der Waals surface area contributed by atoms with Gasteiger partial charge in [0.1, 0.15) is 0 Å². The molecule has 3 aromatic rings. The second-order valence-corrected chi connectivity index (χ2v) is 16.0. The highest BCUT2D eigenvalue weighted by Gasteiger charge is 2.44. The Hall–Kier alpha value is -2.96. The molecule has 0 amide bonds. The molecular weight excluding hydrogens is 486 g/mol. The molecule has 38 heavy (non-hydrogen) atoms. The normalized spacial score (nSPS) is 17.6. The van der Waals surface area contributed by atoms with Crippen LogP contribution in [0.25, 0.3) is 5.70 Å². The summed E-state index contributed by atoms with van der Waals surface area (Å²) in [4.78, 5) is 9.18. The Morgan fingerprint density at radius 3 is 2.00 bits per heavy atom. The molecule has 1 N–H and O–H groups in total. The van der Waals surface area contributed by atoms with E-state index in [0.29, 0.717) is 18.2 Å². The van der Waals surface area contributed by atoms with E-state index in [9.17, 15) is 0 Å². The standard InChI is InChI=1S/C32H43N3O2Si/c1-24(2)37-25-20-33-30(34-21-25)28-18-19-32(6,7)29(35-28)22-36-38(23-31(3,4)5,26-14-10-8-11-15-26)27-16-12-9-13-17-27/h8-18,20-21,24,29,35H,19,22-23H2,1-7H3. The van der Waals surface area contributed by atoms with Crippen LogP contribution >= 0.6 is 0 Å². The van der Waals surface area contributed by atoms with Gasteiger partial charge in [0.05, 0.1) is 36.8 Å². The molecule has 5 nitrogen and oxygen atoms in total. The van der Waals surface area contributed by atoms with Gasteiger partial charge in [-0.05, 0) is 47.5 Å². The lowest BCUT2D eigenvalue weighted by Crippen LogP contribution is -2.64. The van der Waals surface area contributed by atoms with Crippen molar-refractivity contribution in [2.75, 3.05) is 6.61 Å². The third-order valence-electron chi connectivity index (χ3n) is 7.10. The van der Waals surface area contributed by atoms with E-state index in [4.69, 9.17) is 9.16 Å². The lowest BCUT2D eigenvalue weighted by atomic mass is 9.79. The van der Waals surface area contributed by atoms with Crippen molar-refractivity contribution in [1.82, 2.24) is 15.3 Å². The van der Waals surface area contributed by atoms with Crippen molar-refractivity contribution in [2.45, 2.75) is 73.1 Å². The molecule has 1 aliphatic heterocycles. The van der Waals surface area contributed by atoms with Gasteiger partial charge in [0.25, 0.3) is 8.32 Å². The predicted molar refractivity (Wildman–Crippen MR) is 159 cm³/mol. The lowest BCUT2D eigenvalue weighted by molar-refractivity contribution is 0.164. The van der Waals surface area contributed by atoms with Crippen LogP contribution in [0.3, 0.4) is 0 Å². The summed E-state index contributed by atoms with van der Waals surface area (Å²) in [5.41, 5.74) is 1.07. The molecule has 0 spiro atoms. The van der Waals surface area contributed by atoms with Gasteiger partial charge in [0, 0.05) is 0 Å². The van der Waals surface area contributed by atoms with Crippen molar-refractivity contribution in [1.29, 1.82) is 0 Å². The maximum Gasteiger partial charge on any atom is 0.256 e. The highest BCUT2D eigenvalue weighted by atomic mass is 28.4. The fourth-order valence-corrected chi connectivity index (χ4v) is 9.72. The minimum atomic E-state index is -2.56. The Morgan fingerprint density at radius 2 is 1.50 bits per heavy atom. The minimum absolute atomic E-state index is 0.0133. The van der Waals surface area contributed by atoms with E-state index in [1.165, 1.54) is 10.4 Å². The monoisotopic (exact) mass is 529 g/mol. The Morgan fingerprint density at radius 1 is 0.947 bits per heavy atom. The van der Waals surface area contributed by atoms with Crippen LogP contribution in [0.4, 0.5) is 0 Å². The van der Waals surface area contributed by atoms with Crippen LogP contribution in [0.2, 0.25) is 6.04 Å². The Kier molecular flexibility index (Phi) is 8.43. The smallest absolute Gasteiger partial charge is 0.256 e. The quantitative estimate of drug-likeness (QED) is 0.354.